The molecule has 2 atom stereocenters. The van der Waals surface area contributed by atoms with Gasteiger partial charge in [0, 0.05) is 6.07 Å². The second-order valence-electron chi connectivity index (χ2n) is 5.05. The normalized spacial score (nSPS) is 22.2. The average Bonchev–Trinajstić information content (AvgIpc) is 2.46. The number of hydrogen-bond acceptors (Lipinski definition) is 6. The maximum absolute atomic E-state index is 12.6. The summed E-state index contributed by atoms with van der Waals surface area (Å²) >= 11 is 6.07. The molecule has 0 heterocycles. The number of alkyl halides is 1. The summed E-state index contributed by atoms with van der Waals surface area (Å²) in [5.74, 6) is 0. The zero-order valence-electron chi connectivity index (χ0n) is 11.3. The molecule has 2 rings (SSSR count). The smallest absolute Gasteiger partial charge is 0.258 e. The van der Waals surface area contributed by atoms with Gasteiger partial charge in [0.1, 0.15) is 4.90 Å². The van der Waals surface area contributed by atoms with Gasteiger partial charge in [0.25, 0.3) is 11.4 Å². The van der Waals surface area contributed by atoms with Gasteiger partial charge in [-0.05, 0) is 18.9 Å². The van der Waals surface area contributed by atoms with Crippen LogP contribution in [0.4, 0.5) is 11.4 Å². The van der Waals surface area contributed by atoms with Crippen molar-refractivity contribution < 1.29 is 18.3 Å². The van der Waals surface area contributed by atoms with Gasteiger partial charge in [-0.25, -0.2) is 8.42 Å². The number of halogens is 1. The van der Waals surface area contributed by atoms with Crippen LogP contribution in [-0.2, 0) is 9.84 Å². The Kier molecular flexibility index (Phi) is 4.66. The third kappa shape index (κ3) is 3.05. The molecule has 1 saturated carbocycles. The summed E-state index contributed by atoms with van der Waals surface area (Å²) in [6.07, 6.45) is 2.33. The summed E-state index contributed by atoms with van der Waals surface area (Å²) in [5, 5.41) is 20.3. The van der Waals surface area contributed by atoms with Crippen molar-refractivity contribution in [3.8, 4) is 0 Å². The number of nitro benzene ring substituents is 2. The number of sulfone groups is 1. The zero-order valence-corrected chi connectivity index (χ0v) is 12.9. The molecule has 10 heteroatoms. The quantitative estimate of drug-likeness (QED) is 0.468. The van der Waals surface area contributed by atoms with Gasteiger partial charge in [-0.3, -0.25) is 20.2 Å². The SMILES string of the molecule is O=[N+]([O-])c1ccc(S(=O)(=O)[C@@H]2CCCC[C@@H]2Cl)c([N+](=O)[O-])c1. The summed E-state index contributed by atoms with van der Waals surface area (Å²) in [5.41, 5.74) is -1.32. The molecule has 1 aliphatic carbocycles. The van der Waals surface area contributed by atoms with E-state index in [4.69, 9.17) is 11.6 Å². The molecular formula is C12H13ClN2O6S. The van der Waals surface area contributed by atoms with Crippen LogP contribution in [0.5, 0.6) is 0 Å². The van der Waals surface area contributed by atoms with E-state index in [1.807, 2.05) is 0 Å². The van der Waals surface area contributed by atoms with Crippen LogP contribution in [0.3, 0.4) is 0 Å². The predicted octanol–water partition coefficient (Wildman–Crippen LogP) is 2.83. The minimum atomic E-state index is -4.03. The van der Waals surface area contributed by atoms with Crippen LogP contribution in [0.1, 0.15) is 25.7 Å². The Bertz CT molecular complexity index is 720. The summed E-state index contributed by atoms with van der Waals surface area (Å²) in [7, 11) is -4.03. The second kappa shape index (κ2) is 6.17. The first-order chi connectivity index (χ1) is 10.2. The van der Waals surface area contributed by atoms with Gasteiger partial charge in [0.2, 0.25) is 0 Å². The molecule has 0 saturated heterocycles. The Morgan fingerprint density at radius 3 is 2.27 bits per heavy atom. The van der Waals surface area contributed by atoms with E-state index < -0.39 is 46.6 Å². The zero-order chi connectivity index (χ0) is 16.5. The molecular weight excluding hydrogens is 336 g/mol. The van der Waals surface area contributed by atoms with Gasteiger partial charge in [-0.15, -0.1) is 11.6 Å². The number of non-ortho nitro benzene ring substituents is 1. The highest BCUT2D eigenvalue weighted by Gasteiger charge is 2.39. The molecule has 22 heavy (non-hydrogen) atoms. The molecule has 0 aromatic heterocycles. The molecule has 0 N–H and O–H groups in total. The van der Waals surface area contributed by atoms with Gasteiger partial charge < -0.3 is 0 Å². The lowest BCUT2D eigenvalue weighted by Gasteiger charge is -2.26. The third-order valence-corrected chi connectivity index (χ3v) is 6.67. The highest BCUT2D eigenvalue weighted by molar-refractivity contribution is 7.92. The van der Waals surface area contributed by atoms with E-state index in [9.17, 15) is 28.6 Å². The van der Waals surface area contributed by atoms with E-state index in [-0.39, 0.29) is 0 Å². The number of benzene rings is 1. The van der Waals surface area contributed by atoms with E-state index in [0.717, 1.165) is 18.6 Å². The Hall–Kier alpha value is -1.74. The fraction of sp³-hybridized carbons (Fsp3) is 0.500. The topological polar surface area (TPSA) is 120 Å². The molecule has 0 radical (unpaired) electrons. The van der Waals surface area contributed by atoms with Crippen LogP contribution in [0.15, 0.2) is 23.1 Å². The lowest BCUT2D eigenvalue weighted by molar-refractivity contribution is -0.396. The van der Waals surface area contributed by atoms with Gasteiger partial charge in [-0.1, -0.05) is 12.8 Å². The summed E-state index contributed by atoms with van der Waals surface area (Å²) in [6, 6.07) is 2.54. The van der Waals surface area contributed by atoms with Crippen molar-refractivity contribution in [2.24, 2.45) is 0 Å². The highest BCUT2D eigenvalue weighted by Crippen LogP contribution is 2.36. The molecule has 8 nitrogen and oxygen atoms in total. The van der Waals surface area contributed by atoms with Crippen molar-refractivity contribution >= 4 is 32.8 Å². The lowest BCUT2D eigenvalue weighted by atomic mass is 10.00. The monoisotopic (exact) mass is 348 g/mol. The molecule has 0 amide bonds. The summed E-state index contributed by atoms with van der Waals surface area (Å²) in [4.78, 5) is 19.5. The largest absolute Gasteiger partial charge is 0.294 e. The van der Waals surface area contributed by atoms with Gasteiger partial charge in [-0.2, -0.15) is 0 Å². The van der Waals surface area contributed by atoms with Crippen LogP contribution in [0, 0.1) is 20.2 Å². The number of nitro groups is 2. The molecule has 1 aromatic rings. The standard InChI is InChI=1S/C12H13ClN2O6S/c13-9-3-1-2-4-11(9)22(20,21)12-6-5-8(14(16)17)7-10(12)15(18)19/h5-7,9,11H,1-4H2/t9-,11+/m0/s1. The van der Waals surface area contributed by atoms with Crippen molar-refractivity contribution in [1.29, 1.82) is 0 Å². The predicted molar refractivity (Wildman–Crippen MR) is 78.8 cm³/mol. The highest BCUT2D eigenvalue weighted by atomic mass is 35.5. The van der Waals surface area contributed by atoms with Crippen LogP contribution < -0.4 is 0 Å². The third-order valence-electron chi connectivity index (χ3n) is 3.68. The van der Waals surface area contributed by atoms with Crippen LogP contribution in [0.2, 0.25) is 0 Å². The maximum atomic E-state index is 12.6. The van der Waals surface area contributed by atoms with Crippen LogP contribution in [-0.4, -0.2) is 28.9 Å². The Morgan fingerprint density at radius 1 is 1.09 bits per heavy atom. The van der Waals surface area contributed by atoms with E-state index in [2.05, 4.69) is 0 Å². The Balaban J connectivity index is 2.55. The van der Waals surface area contributed by atoms with Crippen molar-refractivity contribution in [3.05, 3.63) is 38.4 Å². The molecule has 1 fully saturated rings. The van der Waals surface area contributed by atoms with Crippen LogP contribution >= 0.6 is 11.6 Å². The lowest BCUT2D eigenvalue weighted by Crippen LogP contribution is -2.34. The summed E-state index contributed by atoms with van der Waals surface area (Å²) in [6.45, 7) is 0. The fourth-order valence-electron chi connectivity index (χ4n) is 2.57. The van der Waals surface area contributed by atoms with E-state index in [1.54, 1.807) is 0 Å². The maximum Gasteiger partial charge on any atom is 0.294 e. The Morgan fingerprint density at radius 2 is 1.73 bits per heavy atom. The van der Waals surface area contributed by atoms with Crippen LogP contribution in [0.25, 0.3) is 0 Å². The summed E-state index contributed by atoms with van der Waals surface area (Å²) < 4.78 is 25.3. The minimum Gasteiger partial charge on any atom is -0.258 e. The van der Waals surface area contributed by atoms with Gasteiger partial charge in [0.05, 0.1) is 26.5 Å². The van der Waals surface area contributed by atoms with Crippen molar-refractivity contribution in [2.75, 3.05) is 0 Å². The molecule has 0 unspecified atom stereocenters. The van der Waals surface area contributed by atoms with E-state index in [1.165, 1.54) is 0 Å². The number of rotatable bonds is 4. The molecule has 0 aliphatic heterocycles. The molecule has 0 bridgehead atoms. The molecule has 120 valence electrons. The Labute approximate surface area is 131 Å². The molecule has 1 aliphatic rings. The first-order valence-electron chi connectivity index (χ1n) is 6.56. The average molecular weight is 349 g/mol. The van der Waals surface area contributed by atoms with Gasteiger partial charge >= 0.3 is 0 Å². The first kappa shape index (κ1) is 16.6. The van der Waals surface area contributed by atoms with Crippen molar-refractivity contribution in [2.45, 2.75) is 41.2 Å². The van der Waals surface area contributed by atoms with E-state index >= 15 is 0 Å². The number of nitrogens with zero attached hydrogens (tertiary/aromatic N) is 2. The van der Waals surface area contributed by atoms with Crippen molar-refractivity contribution in [1.82, 2.24) is 0 Å². The van der Waals surface area contributed by atoms with E-state index in [0.29, 0.717) is 25.3 Å². The number of hydrogen-bond donors (Lipinski definition) is 0. The fourth-order valence-corrected chi connectivity index (χ4v) is 5.26. The minimum absolute atomic E-state index is 0.324. The van der Waals surface area contributed by atoms with Gasteiger partial charge in [0.15, 0.2) is 9.84 Å². The molecule has 1 aromatic carbocycles. The first-order valence-corrected chi connectivity index (χ1v) is 8.54. The van der Waals surface area contributed by atoms with Crippen molar-refractivity contribution in [3.63, 3.8) is 0 Å². The second-order valence-corrected chi connectivity index (χ2v) is 7.75. The molecule has 0 spiro atoms.